The summed E-state index contributed by atoms with van der Waals surface area (Å²) in [6, 6.07) is 12.0. The summed E-state index contributed by atoms with van der Waals surface area (Å²) in [5, 5.41) is 8.56. The lowest BCUT2D eigenvalue weighted by Gasteiger charge is -2.12. The Kier molecular flexibility index (Phi) is 8.41. The van der Waals surface area contributed by atoms with Crippen LogP contribution in [0.5, 0.6) is 5.75 Å². The number of ether oxygens (including phenoxy) is 1. The fourth-order valence-corrected chi connectivity index (χ4v) is 2.95. The molecule has 0 heterocycles. The predicted molar refractivity (Wildman–Crippen MR) is 118 cm³/mol. The van der Waals surface area contributed by atoms with Crippen molar-refractivity contribution in [2.75, 3.05) is 19.0 Å². The molecule has 0 unspecified atom stereocenters. The molecule has 148 valence electrons. The third-order valence-corrected chi connectivity index (χ3v) is 4.55. The van der Waals surface area contributed by atoms with E-state index < -0.39 is 0 Å². The second-order valence-corrected chi connectivity index (χ2v) is 7.26. The monoisotopic (exact) mass is 463 g/mol. The van der Waals surface area contributed by atoms with E-state index in [9.17, 15) is 9.59 Å². The lowest BCUT2D eigenvalue weighted by Crippen LogP contribution is -2.34. The van der Waals surface area contributed by atoms with Crippen LogP contribution in [0.3, 0.4) is 0 Å². The molecule has 0 aromatic heterocycles. The van der Waals surface area contributed by atoms with Crippen LogP contribution in [-0.4, -0.2) is 30.6 Å². The zero-order valence-corrected chi connectivity index (χ0v) is 18.1. The van der Waals surface area contributed by atoms with Gasteiger partial charge in [0.25, 0.3) is 11.8 Å². The minimum atomic E-state index is -0.387. The van der Waals surface area contributed by atoms with Crippen LogP contribution in [-0.2, 0) is 0 Å². The van der Waals surface area contributed by atoms with Crippen LogP contribution in [0.4, 0.5) is 5.69 Å². The summed E-state index contributed by atoms with van der Waals surface area (Å²) in [6.45, 7) is 2.73. The summed E-state index contributed by atoms with van der Waals surface area (Å²) >= 11 is 8.54. The van der Waals surface area contributed by atoms with Gasteiger partial charge in [-0.05, 0) is 61.1 Å². The molecule has 0 fully saturated rings. The number of hydrogen-bond acceptors (Lipinski definition) is 4. The summed E-state index contributed by atoms with van der Waals surface area (Å²) in [7, 11) is 1.50. The Bertz CT molecular complexity index is 856. The number of hydrogen-bond donors (Lipinski definition) is 3. The maximum Gasteiger partial charge on any atom is 0.261 e. The number of halogens is 1. The number of amides is 2. The summed E-state index contributed by atoms with van der Waals surface area (Å²) < 4.78 is 5.96. The molecule has 0 bridgehead atoms. The van der Waals surface area contributed by atoms with E-state index in [0.29, 0.717) is 29.1 Å². The molecule has 0 saturated carbocycles. The molecular formula is C20H22BrN3O3S. The highest BCUT2D eigenvalue weighted by molar-refractivity contribution is 9.10. The minimum Gasteiger partial charge on any atom is -0.496 e. The van der Waals surface area contributed by atoms with Crippen molar-refractivity contribution in [3.05, 3.63) is 58.1 Å². The average molecular weight is 464 g/mol. The number of carbonyl (C=O) groups excluding carboxylic acids is 2. The van der Waals surface area contributed by atoms with Gasteiger partial charge in [-0.25, -0.2) is 0 Å². The lowest BCUT2D eigenvalue weighted by molar-refractivity contribution is 0.0950. The maximum absolute atomic E-state index is 12.5. The predicted octanol–water partition coefficient (Wildman–Crippen LogP) is 4.11. The third-order valence-electron chi connectivity index (χ3n) is 3.85. The SMILES string of the molecule is CCCCNC(=O)c1ccc(NC(=S)NC(=O)c2cc(Br)ccc2OC)cc1. The fraction of sp³-hybridized carbons (Fsp3) is 0.250. The fourth-order valence-electron chi connectivity index (χ4n) is 2.38. The van der Waals surface area contributed by atoms with Crippen LogP contribution < -0.4 is 20.7 Å². The van der Waals surface area contributed by atoms with E-state index in [0.717, 1.165) is 17.3 Å². The van der Waals surface area contributed by atoms with Crippen LogP contribution in [0, 0.1) is 0 Å². The summed E-state index contributed by atoms with van der Waals surface area (Å²) in [4.78, 5) is 24.5. The molecule has 2 amide bonds. The topological polar surface area (TPSA) is 79.5 Å². The van der Waals surface area contributed by atoms with Crippen molar-refractivity contribution >= 4 is 50.8 Å². The molecule has 0 aliphatic heterocycles. The second kappa shape index (κ2) is 10.8. The number of anilines is 1. The first-order chi connectivity index (χ1) is 13.4. The second-order valence-electron chi connectivity index (χ2n) is 5.94. The van der Waals surface area contributed by atoms with E-state index in [1.165, 1.54) is 7.11 Å². The molecule has 0 spiro atoms. The van der Waals surface area contributed by atoms with Crippen molar-refractivity contribution in [2.45, 2.75) is 19.8 Å². The highest BCUT2D eigenvalue weighted by Crippen LogP contribution is 2.22. The summed E-state index contributed by atoms with van der Waals surface area (Å²) in [5.74, 6) is -0.0536. The molecule has 0 aliphatic carbocycles. The van der Waals surface area contributed by atoms with Crippen molar-refractivity contribution in [1.82, 2.24) is 10.6 Å². The highest BCUT2D eigenvalue weighted by Gasteiger charge is 2.14. The van der Waals surface area contributed by atoms with E-state index in [4.69, 9.17) is 17.0 Å². The third kappa shape index (κ3) is 6.31. The van der Waals surface area contributed by atoms with Crippen LogP contribution in [0.2, 0.25) is 0 Å². The van der Waals surface area contributed by atoms with Crippen LogP contribution >= 0.6 is 28.1 Å². The molecule has 0 aliphatic rings. The lowest BCUT2D eigenvalue weighted by atomic mass is 10.2. The Morgan fingerprint density at radius 1 is 1.11 bits per heavy atom. The first-order valence-electron chi connectivity index (χ1n) is 8.78. The zero-order chi connectivity index (χ0) is 20.5. The van der Waals surface area contributed by atoms with Gasteiger partial charge in [-0.15, -0.1) is 0 Å². The molecule has 0 atom stereocenters. The van der Waals surface area contributed by atoms with Crippen molar-refractivity contribution in [3.8, 4) is 5.75 Å². The van der Waals surface area contributed by atoms with Crippen LogP contribution in [0.15, 0.2) is 46.9 Å². The Balaban J connectivity index is 1.95. The number of methoxy groups -OCH3 is 1. The molecule has 2 aromatic carbocycles. The van der Waals surface area contributed by atoms with Crippen molar-refractivity contribution < 1.29 is 14.3 Å². The van der Waals surface area contributed by atoms with Crippen molar-refractivity contribution in [2.24, 2.45) is 0 Å². The van der Waals surface area contributed by atoms with Gasteiger partial charge >= 0.3 is 0 Å². The molecule has 28 heavy (non-hydrogen) atoms. The molecule has 6 nitrogen and oxygen atoms in total. The van der Waals surface area contributed by atoms with Gasteiger partial charge in [0.05, 0.1) is 12.7 Å². The van der Waals surface area contributed by atoms with Gasteiger partial charge in [0.2, 0.25) is 0 Å². The highest BCUT2D eigenvalue weighted by atomic mass is 79.9. The Labute approximate surface area is 178 Å². The standard InChI is InChI=1S/C20H22BrN3O3S/c1-3-4-11-22-18(25)13-5-8-15(9-6-13)23-20(28)24-19(26)16-12-14(21)7-10-17(16)27-2/h5-10,12H,3-4,11H2,1-2H3,(H,22,25)(H2,23,24,26,28). The molecule has 2 rings (SSSR count). The van der Waals surface area contributed by atoms with Gasteiger partial charge in [-0.1, -0.05) is 29.3 Å². The van der Waals surface area contributed by atoms with Crippen molar-refractivity contribution in [3.63, 3.8) is 0 Å². The van der Waals surface area contributed by atoms with E-state index >= 15 is 0 Å². The average Bonchev–Trinajstić information content (AvgIpc) is 2.68. The van der Waals surface area contributed by atoms with Crippen LogP contribution in [0.1, 0.15) is 40.5 Å². The Hall–Kier alpha value is -2.45. The number of nitrogens with one attached hydrogen (secondary N) is 3. The Morgan fingerprint density at radius 2 is 1.82 bits per heavy atom. The number of thiocarbonyl (C=S) groups is 1. The number of benzene rings is 2. The van der Waals surface area contributed by atoms with Gasteiger partial charge in [-0.2, -0.15) is 0 Å². The number of carbonyl (C=O) groups is 2. The van der Waals surface area contributed by atoms with E-state index in [1.54, 1.807) is 42.5 Å². The zero-order valence-electron chi connectivity index (χ0n) is 15.7. The van der Waals surface area contributed by atoms with Gasteiger partial charge in [0.1, 0.15) is 5.75 Å². The van der Waals surface area contributed by atoms with E-state index in [1.807, 2.05) is 0 Å². The molecule has 0 radical (unpaired) electrons. The van der Waals surface area contributed by atoms with E-state index in [-0.39, 0.29) is 16.9 Å². The first-order valence-corrected chi connectivity index (χ1v) is 9.99. The largest absolute Gasteiger partial charge is 0.496 e. The Morgan fingerprint density at radius 3 is 2.46 bits per heavy atom. The summed E-state index contributed by atoms with van der Waals surface area (Å²) in [5.41, 5.74) is 1.59. The van der Waals surface area contributed by atoms with Gasteiger partial charge in [-0.3, -0.25) is 14.9 Å². The molecule has 3 N–H and O–H groups in total. The minimum absolute atomic E-state index is 0.113. The quantitative estimate of drug-likeness (QED) is 0.425. The molecular weight excluding hydrogens is 442 g/mol. The van der Waals surface area contributed by atoms with Gasteiger partial charge in [0.15, 0.2) is 5.11 Å². The smallest absolute Gasteiger partial charge is 0.261 e. The van der Waals surface area contributed by atoms with Crippen molar-refractivity contribution in [1.29, 1.82) is 0 Å². The first kappa shape index (κ1) is 21.8. The van der Waals surface area contributed by atoms with Crippen LogP contribution in [0.25, 0.3) is 0 Å². The molecule has 2 aromatic rings. The molecule has 0 saturated heterocycles. The normalized spacial score (nSPS) is 10.1. The van der Waals surface area contributed by atoms with Gasteiger partial charge in [0, 0.05) is 22.3 Å². The number of unbranched alkanes of at least 4 members (excludes halogenated alkanes) is 1. The summed E-state index contributed by atoms with van der Waals surface area (Å²) in [6.07, 6.45) is 1.97. The molecule has 8 heteroatoms. The number of rotatable bonds is 7. The maximum atomic E-state index is 12.5. The van der Waals surface area contributed by atoms with Gasteiger partial charge < -0.3 is 15.4 Å². The van der Waals surface area contributed by atoms with E-state index in [2.05, 4.69) is 38.8 Å².